The van der Waals surface area contributed by atoms with Crippen LogP contribution < -0.4 is 0 Å². The third-order valence-corrected chi connectivity index (χ3v) is 4.48. The Morgan fingerprint density at radius 3 is 2.55 bits per heavy atom. The molecule has 1 heterocycles. The first-order valence-electron chi connectivity index (χ1n) is 7.41. The molecule has 0 aliphatic rings. The van der Waals surface area contributed by atoms with Crippen molar-refractivity contribution in [2.24, 2.45) is 0 Å². The first-order chi connectivity index (χ1) is 10.6. The highest BCUT2D eigenvalue weighted by atomic mass is 32.1. The Bertz CT molecular complexity index is 639. The summed E-state index contributed by atoms with van der Waals surface area (Å²) in [6.45, 7) is 4.66. The molecule has 0 spiro atoms. The van der Waals surface area contributed by atoms with E-state index >= 15 is 0 Å². The maximum Gasteiger partial charge on any atom is 0.223 e. The van der Waals surface area contributed by atoms with Gasteiger partial charge < -0.3 is 4.90 Å². The van der Waals surface area contributed by atoms with Gasteiger partial charge in [-0.2, -0.15) is 5.26 Å². The Balaban J connectivity index is 1.99. The lowest BCUT2D eigenvalue weighted by molar-refractivity contribution is -0.133. The van der Waals surface area contributed by atoms with Crippen LogP contribution in [0.1, 0.15) is 36.3 Å². The second kappa shape index (κ2) is 7.77. The molecule has 0 atom stereocenters. The molecule has 1 aromatic heterocycles. The van der Waals surface area contributed by atoms with Crippen molar-refractivity contribution >= 4 is 17.2 Å². The monoisotopic (exact) mass is 312 g/mol. The molecule has 22 heavy (non-hydrogen) atoms. The molecule has 0 aliphatic carbocycles. The van der Waals surface area contributed by atoms with Crippen LogP contribution in [0.3, 0.4) is 0 Å². The van der Waals surface area contributed by atoms with E-state index in [0.717, 1.165) is 12.0 Å². The molecule has 0 unspecified atom stereocenters. The summed E-state index contributed by atoms with van der Waals surface area (Å²) >= 11 is 1.69. The zero-order valence-corrected chi connectivity index (χ0v) is 13.8. The van der Waals surface area contributed by atoms with Crippen molar-refractivity contribution < 1.29 is 4.79 Å². The van der Waals surface area contributed by atoms with Crippen molar-refractivity contribution in [3.8, 4) is 6.07 Å². The summed E-state index contributed by atoms with van der Waals surface area (Å²) in [5.74, 6) is 0.174. The standard InChI is InChI=1S/C18H20N2OS/c1-14(2)20(13-16-7-5-15(12-19)6-8-16)18(21)10-9-17-4-3-11-22-17/h3-8,11,14H,9-10,13H2,1-2H3. The number of hydrogen-bond donors (Lipinski definition) is 0. The van der Waals surface area contributed by atoms with E-state index in [0.29, 0.717) is 18.5 Å². The van der Waals surface area contributed by atoms with Crippen LogP contribution in [0.25, 0.3) is 0 Å². The Labute approximate surface area is 135 Å². The van der Waals surface area contributed by atoms with E-state index in [4.69, 9.17) is 5.26 Å². The van der Waals surface area contributed by atoms with Crippen LogP contribution in [-0.2, 0) is 17.8 Å². The zero-order valence-electron chi connectivity index (χ0n) is 13.0. The van der Waals surface area contributed by atoms with Gasteiger partial charge in [-0.25, -0.2) is 0 Å². The van der Waals surface area contributed by atoms with Crippen molar-refractivity contribution in [1.82, 2.24) is 4.90 Å². The predicted molar refractivity (Wildman–Crippen MR) is 89.5 cm³/mol. The molecule has 3 nitrogen and oxygen atoms in total. The van der Waals surface area contributed by atoms with E-state index in [1.807, 2.05) is 42.3 Å². The molecule has 0 saturated carbocycles. The van der Waals surface area contributed by atoms with Gasteiger partial charge in [0.2, 0.25) is 5.91 Å². The fraction of sp³-hybridized carbons (Fsp3) is 0.333. The second-order valence-electron chi connectivity index (χ2n) is 5.50. The average Bonchev–Trinajstić information content (AvgIpc) is 3.04. The molecule has 0 fully saturated rings. The minimum absolute atomic E-state index is 0.159. The van der Waals surface area contributed by atoms with Crippen LogP contribution in [0, 0.1) is 11.3 Å². The zero-order chi connectivity index (χ0) is 15.9. The van der Waals surface area contributed by atoms with Crippen molar-refractivity contribution in [1.29, 1.82) is 5.26 Å². The molecule has 4 heteroatoms. The van der Waals surface area contributed by atoms with Gasteiger partial charge in [-0.15, -0.1) is 11.3 Å². The molecule has 114 valence electrons. The smallest absolute Gasteiger partial charge is 0.223 e. The molecular weight excluding hydrogens is 292 g/mol. The third kappa shape index (κ3) is 4.44. The van der Waals surface area contributed by atoms with E-state index in [1.165, 1.54) is 4.88 Å². The minimum Gasteiger partial charge on any atom is -0.336 e. The molecule has 0 bridgehead atoms. The van der Waals surface area contributed by atoms with Crippen LogP contribution in [0.4, 0.5) is 0 Å². The van der Waals surface area contributed by atoms with Crippen LogP contribution in [0.15, 0.2) is 41.8 Å². The van der Waals surface area contributed by atoms with Gasteiger partial charge in [0, 0.05) is 23.9 Å². The number of carbonyl (C=O) groups excluding carboxylic acids is 1. The second-order valence-corrected chi connectivity index (χ2v) is 6.54. The Morgan fingerprint density at radius 2 is 2.00 bits per heavy atom. The molecule has 1 aromatic carbocycles. The van der Waals surface area contributed by atoms with E-state index in [2.05, 4.69) is 12.1 Å². The largest absolute Gasteiger partial charge is 0.336 e. The first-order valence-corrected chi connectivity index (χ1v) is 8.29. The lowest BCUT2D eigenvalue weighted by Crippen LogP contribution is -2.36. The highest BCUT2D eigenvalue weighted by molar-refractivity contribution is 7.09. The lowest BCUT2D eigenvalue weighted by Gasteiger charge is -2.27. The number of nitriles is 1. The summed E-state index contributed by atoms with van der Waals surface area (Å²) in [7, 11) is 0. The van der Waals surface area contributed by atoms with Crippen LogP contribution in [0.5, 0.6) is 0 Å². The summed E-state index contributed by atoms with van der Waals surface area (Å²) in [6.07, 6.45) is 1.34. The van der Waals surface area contributed by atoms with Gasteiger partial charge >= 0.3 is 0 Å². The van der Waals surface area contributed by atoms with E-state index in [9.17, 15) is 4.79 Å². The van der Waals surface area contributed by atoms with Gasteiger partial charge in [0.15, 0.2) is 0 Å². The van der Waals surface area contributed by atoms with Gasteiger partial charge in [0.05, 0.1) is 11.6 Å². The quantitative estimate of drug-likeness (QED) is 0.809. The van der Waals surface area contributed by atoms with Crippen LogP contribution in [-0.4, -0.2) is 16.8 Å². The Kier molecular flexibility index (Phi) is 5.74. The summed E-state index contributed by atoms with van der Waals surface area (Å²) in [4.78, 5) is 15.6. The van der Waals surface area contributed by atoms with Crippen molar-refractivity contribution in [3.63, 3.8) is 0 Å². The van der Waals surface area contributed by atoms with Gasteiger partial charge in [0.25, 0.3) is 0 Å². The lowest BCUT2D eigenvalue weighted by atomic mass is 10.1. The average molecular weight is 312 g/mol. The Hall–Kier alpha value is -2.12. The maximum atomic E-state index is 12.5. The summed E-state index contributed by atoms with van der Waals surface area (Å²) < 4.78 is 0. The molecular formula is C18H20N2OS. The molecule has 0 N–H and O–H groups in total. The van der Waals surface area contributed by atoms with Crippen molar-refractivity contribution in [2.75, 3.05) is 0 Å². The third-order valence-electron chi connectivity index (χ3n) is 3.55. The topological polar surface area (TPSA) is 44.1 Å². The van der Waals surface area contributed by atoms with Crippen molar-refractivity contribution in [2.45, 2.75) is 39.3 Å². The molecule has 0 saturated heterocycles. The highest BCUT2D eigenvalue weighted by Gasteiger charge is 2.17. The molecule has 0 aliphatic heterocycles. The molecule has 1 amide bonds. The molecule has 2 rings (SSSR count). The van der Waals surface area contributed by atoms with E-state index in [-0.39, 0.29) is 11.9 Å². The number of thiophene rings is 1. The number of amides is 1. The normalized spacial score (nSPS) is 10.5. The maximum absolute atomic E-state index is 12.5. The first kappa shape index (κ1) is 16.3. The number of rotatable bonds is 6. The van der Waals surface area contributed by atoms with Gasteiger partial charge in [-0.1, -0.05) is 18.2 Å². The van der Waals surface area contributed by atoms with Gasteiger partial charge in [-0.05, 0) is 49.4 Å². The Morgan fingerprint density at radius 1 is 1.27 bits per heavy atom. The summed E-state index contributed by atoms with van der Waals surface area (Å²) in [6, 6.07) is 13.8. The summed E-state index contributed by atoms with van der Waals surface area (Å²) in [5.41, 5.74) is 1.70. The van der Waals surface area contributed by atoms with Gasteiger partial charge in [0.1, 0.15) is 0 Å². The SMILES string of the molecule is CC(C)N(Cc1ccc(C#N)cc1)C(=O)CCc1cccs1. The number of benzene rings is 1. The number of carbonyl (C=O) groups is 1. The number of hydrogen-bond acceptors (Lipinski definition) is 3. The van der Waals surface area contributed by atoms with Crippen LogP contribution in [0.2, 0.25) is 0 Å². The highest BCUT2D eigenvalue weighted by Crippen LogP contribution is 2.15. The number of nitrogens with zero attached hydrogens (tertiary/aromatic N) is 2. The van der Waals surface area contributed by atoms with Gasteiger partial charge in [-0.3, -0.25) is 4.79 Å². The fourth-order valence-corrected chi connectivity index (χ4v) is 2.98. The minimum atomic E-state index is 0.159. The number of aryl methyl sites for hydroxylation is 1. The summed E-state index contributed by atoms with van der Waals surface area (Å²) in [5, 5.41) is 10.9. The fourth-order valence-electron chi connectivity index (χ4n) is 2.27. The predicted octanol–water partition coefficient (Wildman–Crippen LogP) is 3.99. The van der Waals surface area contributed by atoms with Crippen molar-refractivity contribution in [3.05, 3.63) is 57.8 Å². The van der Waals surface area contributed by atoms with Crippen LogP contribution >= 0.6 is 11.3 Å². The van der Waals surface area contributed by atoms with E-state index in [1.54, 1.807) is 23.5 Å². The molecule has 0 radical (unpaired) electrons. The molecule has 2 aromatic rings. The van der Waals surface area contributed by atoms with E-state index < -0.39 is 0 Å².